The highest BCUT2D eigenvalue weighted by molar-refractivity contribution is 5.99. The number of hydrogen-bond acceptors (Lipinski definition) is 3. The fourth-order valence-electron chi connectivity index (χ4n) is 2.52. The zero-order valence-electron chi connectivity index (χ0n) is 13.4. The largest absolute Gasteiger partial charge is 0.481 e. The van der Waals surface area contributed by atoms with Crippen molar-refractivity contribution in [3.05, 3.63) is 24.3 Å². The summed E-state index contributed by atoms with van der Waals surface area (Å²) in [6, 6.07) is 6.90. The predicted octanol–water partition coefficient (Wildman–Crippen LogP) is 2.50. The van der Waals surface area contributed by atoms with Crippen LogP contribution in [0.15, 0.2) is 24.3 Å². The van der Waals surface area contributed by atoms with Crippen LogP contribution >= 0.6 is 0 Å². The van der Waals surface area contributed by atoms with Crippen molar-refractivity contribution in [1.82, 2.24) is 0 Å². The van der Waals surface area contributed by atoms with Crippen molar-refractivity contribution in [2.75, 3.05) is 16.8 Å². The highest BCUT2D eigenvalue weighted by Gasteiger charge is 2.34. The van der Waals surface area contributed by atoms with E-state index in [2.05, 4.69) is 5.32 Å². The van der Waals surface area contributed by atoms with Gasteiger partial charge in [-0.15, -0.1) is 0 Å². The van der Waals surface area contributed by atoms with Crippen molar-refractivity contribution in [1.29, 1.82) is 0 Å². The van der Waals surface area contributed by atoms with Crippen LogP contribution in [0.4, 0.5) is 11.4 Å². The Morgan fingerprint density at radius 2 is 2.00 bits per heavy atom. The Labute approximate surface area is 135 Å². The van der Waals surface area contributed by atoms with Gasteiger partial charge < -0.3 is 15.3 Å². The predicted molar refractivity (Wildman–Crippen MR) is 87.2 cm³/mol. The molecule has 0 saturated carbocycles. The van der Waals surface area contributed by atoms with Crippen molar-refractivity contribution in [3.8, 4) is 0 Å². The van der Waals surface area contributed by atoms with E-state index in [-0.39, 0.29) is 24.8 Å². The standard InChI is InChI=1S/C17H22N2O4/c1-3-11(2)8-15(20)18-13-4-6-14(7-5-13)19-10-12(17(22)23)9-16(19)21/h4-7,11-12H,3,8-10H2,1-2H3,(H,18,20)(H,22,23)/t11-,12+/m1/s1. The third-order valence-corrected chi connectivity index (χ3v) is 4.17. The molecule has 6 nitrogen and oxygen atoms in total. The second-order valence-corrected chi connectivity index (χ2v) is 6.06. The third-order valence-electron chi connectivity index (χ3n) is 4.17. The van der Waals surface area contributed by atoms with Crippen LogP contribution in [0.1, 0.15) is 33.1 Å². The van der Waals surface area contributed by atoms with E-state index in [0.29, 0.717) is 23.7 Å². The van der Waals surface area contributed by atoms with Crippen molar-refractivity contribution in [2.45, 2.75) is 33.1 Å². The van der Waals surface area contributed by atoms with Crippen molar-refractivity contribution in [3.63, 3.8) is 0 Å². The molecule has 2 amide bonds. The molecule has 23 heavy (non-hydrogen) atoms. The molecule has 0 bridgehead atoms. The van der Waals surface area contributed by atoms with Gasteiger partial charge in [0.05, 0.1) is 5.92 Å². The Bertz CT molecular complexity index is 597. The summed E-state index contributed by atoms with van der Waals surface area (Å²) in [7, 11) is 0. The molecule has 1 aliphatic rings. The maximum absolute atomic E-state index is 11.9. The van der Waals surface area contributed by atoms with Gasteiger partial charge in [0.2, 0.25) is 11.8 Å². The number of aliphatic carboxylic acids is 1. The number of carboxylic acid groups (broad SMARTS) is 1. The van der Waals surface area contributed by atoms with Gasteiger partial charge in [0.25, 0.3) is 0 Å². The van der Waals surface area contributed by atoms with E-state index in [9.17, 15) is 14.4 Å². The van der Waals surface area contributed by atoms with Gasteiger partial charge in [0.15, 0.2) is 0 Å². The first-order chi connectivity index (χ1) is 10.9. The Balaban J connectivity index is 1.98. The zero-order chi connectivity index (χ0) is 17.0. The van der Waals surface area contributed by atoms with E-state index < -0.39 is 11.9 Å². The van der Waals surface area contributed by atoms with E-state index in [1.807, 2.05) is 13.8 Å². The van der Waals surface area contributed by atoms with Gasteiger partial charge in [-0.3, -0.25) is 14.4 Å². The van der Waals surface area contributed by atoms with Crippen LogP contribution in [-0.4, -0.2) is 29.4 Å². The molecular formula is C17H22N2O4. The molecule has 1 aromatic carbocycles. The molecular weight excluding hydrogens is 296 g/mol. The second-order valence-electron chi connectivity index (χ2n) is 6.06. The summed E-state index contributed by atoms with van der Waals surface area (Å²) in [6.07, 6.45) is 1.46. The Morgan fingerprint density at radius 3 is 2.52 bits per heavy atom. The van der Waals surface area contributed by atoms with Gasteiger partial charge in [0, 0.05) is 30.8 Å². The number of rotatable bonds is 6. The zero-order valence-corrected chi connectivity index (χ0v) is 13.4. The van der Waals surface area contributed by atoms with Crippen molar-refractivity contribution < 1.29 is 19.5 Å². The van der Waals surface area contributed by atoms with Crippen molar-refractivity contribution in [2.24, 2.45) is 11.8 Å². The smallest absolute Gasteiger partial charge is 0.308 e. The van der Waals surface area contributed by atoms with Gasteiger partial charge in [-0.05, 0) is 30.2 Å². The first-order valence-electron chi connectivity index (χ1n) is 7.83. The first kappa shape index (κ1) is 17.0. The van der Waals surface area contributed by atoms with Gasteiger partial charge in [0.1, 0.15) is 0 Å². The minimum atomic E-state index is -0.949. The highest BCUT2D eigenvalue weighted by atomic mass is 16.4. The number of nitrogens with one attached hydrogen (secondary N) is 1. The topological polar surface area (TPSA) is 86.7 Å². The number of amides is 2. The van der Waals surface area contributed by atoms with Crippen LogP contribution < -0.4 is 10.2 Å². The molecule has 1 aromatic rings. The van der Waals surface area contributed by atoms with Crippen LogP contribution in [0.3, 0.4) is 0 Å². The Morgan fingerprint density at radius 1 is 1.35 bits per heavy atom. The number of carbonyl (C=O) groups is 3. The fraction of sp³-hybridized carbons (Fsp3) is 0.471. The van der Waals surface area contributed by atoms with Crippen LogP contribution in [0.5, 0.6) is 0 Å². The summed E-state index contributed by atoms with van der Waals surface area (Å²) in [5.41, 5.74) is 1.32. The molecule has 2 N–H and O–H groups in total. The van der Waals surface area contributed by atoms with E-state index in [0.717, 1.165) is 6.42 Å². The molecule has 1 aliphatic heterocycles. The summed E-state index contributed by atoms with van der Waals surface area (Å²) in [5.74, 6) is -1.49. The molecule has 1 heterocycles. The Hall–Kier alpha value is -2.37. The molecule has 0 spiro atoms. The monoisotopic (exact) mass is 318 g/mol. The highest BCUT2D eigenvalue weighted by Crippen LogP contribution is 2.26. The summed E-state index contributed by atoms with van der Waals surface area (Å²) in [5, 5.41) is 11.8. The number of nitrogens with zero attached hydrogens (tertiary/aromatic N) is 1. The lowest BCUT2D eigenvalue weighted by atomic mass is 10.1. The second kappa shape index (κ2) is 7.26. The lowest BCUT2D eigenvalue weighted by Gasteiger charge is -2.17. The summed E-state index contributed by atoms with van der Waals surface area (Å²) in [4.78, 5) is 36.2. The lowest BCUT2D eigenvalue weighted by molar-refractivity contribution is -0.141. The molecule has 0 aliphatic carbocycles. The lowest BCUT2D eigenvalue weighted by Crippen LogP contribution is -2.25. The maximum Gasteiger partial charge on any atom is 0.308 e. The van der Waals surface area contributed by atoms with Gasteiger partial charge >= 0.3 is 5.97 Å². The molecule has 1 saturated heterocycles. The molecule has 0 unspecified atom stereocenters. The number of hydrogen-bond donors (Lipinski definition) is 2. The van der Waals surface area contributed by atoms with E-state index in [1.54, 1.807) is 24.3 Å². The molecule has 124 valence electrons. The van der Waals surface area contributed by atoms with Gasteiger partial charge in [-0.2, -0.15) is 0 Å². The van der Waals surface area contributed by atoms with E-state index in [4.69, 9.17) is 5.11 Å². The van der Waals surface area contributed by atoms with Crippen LogP contribution in [0, 0.1) is 11.8 Å². The molecule has 2 rings (SSSR count). The normalized spacial score (nSPS) is 18.8. The molecule has 0 aromatic heterocycles. The number of carboxylic acids is 1. The van der Waals surface area contributed by atoms with E-state index >= 15 is 0 Å². The first-order valence-corrected chi connectivity index (χ1v) is 7.83. The number of anilines is 2. The minimum Gasteiger partial charge on any atom is -0.481 e. The minimum absolute atomic E-state index is 0.0305. The molecule has 6 heteroatoms. The fourth-order valence-corrected chi connectivity index (χ4v) is 2.52. The molecule has 1 fully saturated rings. The van der Waals surface area contributed by atoms with Crippen molar-refractivity contribution >= 4 is 29.2 Å². The SMILES string of the molecule is CC[C@@H](C)CC(=O)Nc1ccc(N2C[C@@H](C(=O)O)CC2=O)cc1. The summed E-state index contributed by atoms with van der Waals surface area (Å²) in [6.45, 7) is 4.26. The molecule has 2 atom stereocenters. The summed E-state index contributed by atoms with van der Waals surface area (Å²) >= 11 is 0. The average molecular weight is 318 g/mol. The maximum atomic E-state index is 11.9. The van der Waals surface area contributed by atoms with Crippen LogP contribution in [0.2, 0.25) is 0 Å². The summed E-state index contributed by atoms with van der Waals surface area (Å²) < 4.78 is 0. The van der Waals surface area contributed by atoms with Crippen LogP contribution in [0.25, 0.3) is 0 Å². The number of carbonyl (C=O) groups excluding carboxylic acids is 2. The number of benzene rings is 1. The van der Waals surface area contributed by atoms with E-state index in [1.165, 1.54) is 4.90 Å². The van der Waals surface area contributed by atoms with Gasteiger partial charge in [-0.1, -0.05) is 20.3 Å². The van der Waals surface area contributed by atoms with Crippen LogP contribution in [-0.2, 0) is 14.4 Å². The third kappa shape index (κ3) is 4.31. The average Bonchev–Trinajstić information content (AvgIpc) is 2.90. The quantitative estimate of drug-likeness (QED) is 0.843. The van der Waals surface area contributed by atoms with Gasteiger partial charge in [-0.25, -0.2) is 0 Å². The Kier molecular flexibility index (Phi) is 5.36. The molecule has 0 radical (unpaired) electrons.